The first-order valence-electron chi connectivity index (χ1n) is 5.80. The molecule has 0 spiro atoms. The van der Waals surface area contributed by atoms with E-state index in [9.17, 15) is 4.79 Å². The summed E-state index contributed by atoms with van der Waals surface area (Å²) in [5.74, 6) is -0.0162. The lowest BCUT2D eigenvalue weighted by Gasteiger charge is -2.11. The van der Waals surface area contributed by atoms with Crippen molar-refractivity contribution >= 4 is 5.91 Å². The molecule has 1 aromatic carbocycles. The van der Waals surface area contributed by atoms with E-state index in [2.05, 4.69) is 5.32 Å². The molecule has 0 radical (unpaired) electrons. The van der Waals surface area contributed by atoms with Crippen molar-refractivity contribution in [3.63, 3.8) is 0 Å². The highest BCUT2D eigenvalue weighted by atomic mass is 16.5. The van der Waals surface area contributed by atoms with Crippen molar-refractivity contribution in [2.75, 3.05) is 20.3 Å². The molecule has 1 atom stereocenters. The van der Waals surface area contributed by atoms with Gasteiger partial charge in [-0.2, -0.15) is 0 Å². The lowest BCUT2D eigenvalue weighted by atomic mass is 10.0. The molecule has 1 amide bonds. The third-order valence-corrected chi connectivity index (χ3v) is 2.48. The molecule has 1 rings (SSSR count). The van der Waals surface area contributed by atoms with Gasteiger partial charge < -0.3 is 15.8 Å². The molecule has 17 heavy (non-hydrogen) atoms. The molecule has 0 saturated heterocycles. The average Bonchev–Trinajstić information content (AvgIpc) is 2.36. The predicted octanol–water partition coefficient (Wildman–Crippen LogP) is 1.23. The highest BCUT2D eigenvalue weighted by Gasteiger charge is 2.10. The van der Waals surface area contributed by atoms with Gasteiger partial charge in [-0.1, -0.05) is 30.3 Å². The lowest BCUT2D eigenvalue weighted by molar-refractivity contribution is -0.121. The van der Waals surface area contributed by atoms with Crippen LogP contribution in [0.1, 0.15) is 24.4 Å². The molecular formula is C13H20N2O2. The van der Waals surface area contributed by atoms with E-state index >= 15 is 0 Å². The van der Waals surface area contributed by atoms with Crippen LogP contribution in [-0.2, 0) is 9.53 Å². The second-order valence-electron chi connectivity index (χ2n) is 3.92. The first-order valence-corrected chi connectivity index (χ1v) is 5.80. The third-order valence-electron chi connectivity index (χ3n) is 2.48. The van der Waals surface area contributed by atoms with Gasteiger partial charge in [0.15, 0.2) is 0 Å². The van der Waals surface area contributed by atoms with E-state index in [-0.39, 0.29) is 11.9 Å². The Morgan fingerprint density at radius 1 is 1.41 bits per heavy atom. The minimum atomic E-state index is -0.237. The van der Waals surface area contributed by atoms with Crippen LogP contribution in [0.2, 0.25) is 0 Å². The summed E-state index contributed by atoms with van der Waals surface area (Å²) in [5.41, 5.74) is 6.93. The normalized spacial score (nSPS) is 12.1. The van der Waals surface area contributed by atoms with Gasteiger partial charge in [-0.15, -0.1) is 0 Å². The molecule has 0 aromatic heterocycles. The van der Waals surface area contributed by atoms with Crippen LogP contribution in [0.4, 0.5) is 0 Å². The van der Waals surface area contributed by atoms with Crippen LogP contribution in [0, 0.1) is 0 Å². The van der Waals surface area contributed by atoms with E-state index in [4.69, 9.17) is 10.5 Å². The maximum atomic E-state index is 11.6. The summed E-state index contributed by atoms with van der Waals surface area (Å²) in [7, 11) is 1.65. The fraction of sp³-hybridized carbons (Fsp3) is 0.462. The van der Waals surface area contributed by atoms with Gasteiger partial charge in [-0.3, -0.25) is 4.79 Å². The van der Waals surface area contributed by atoms with Crippen molar-refractivity contribution in [1.82, 2.24) is 5.32 Å². The van der Waals surface area contributed by atoms with E-state index in [1.54, 1.807) is 7.11 Å². The number of ether oxygens (including phenoxy) is 1. The van der Waals surface area contributed by atoms with Crippen molar-refractivity contribution in [2.45, 2.75) is 18.9 Å². The number of nitrogens with one attached hydrogen (secondary N) is 1. The van der Waals surface area contributed by atoms with Crippen LogP contribution in [-0.4, -0.2) is 26.2 Å². The zero-order valence-corrected chi connectivity index (χ0v) is 10.2. The summed E-state index contributed by atoms with van der Waals surface area (Å²) in [5, 5.41) is 2.82. The number of benzene rings is 1. The second-order valence-corrected chi connectivity index (χ2v) is 3.92. The predicted molar refractivity (Wildman–Crippen MR) is 67.5 cm³/mol. The molecule has 0 fully saturated rings. The van der Waals surface area contributed by atoms with E-state index in [0.29, 0.717) is 19.6 Å². The van der Waals surface area contributed by atoms with Crippen molar-refractivity contribution in [1.29, 1.82) is 0 Å². The first-order chi connectivity index (χ1) is 8.24. The molecule has 0 aliphatic carbocycles. The number of nitrogens with two attached hydrogens (primary N) is 1. The molecule has 0 heterocycles. The van der Waals surface area contributed by atoms with Gasteiger partial charge in [-0.05, 0) is 12.0 Å². The number of amides is 1. The van der Waals surface area contributed by atoms with Gasteiger partial charge in [0.1, 0.15) is 0 Å². The number of hydrogen-bond donors (Lipinski definition) is 2. The van der Waals surface area contributed by atoms with Gasteiger partial charge in [0, 0.05) is 32.7 Å². The monoisotopic (exact) mass is 236 g/mol. The summed E-state index contributed by atoms with van der Waals surface area (Å²) in [6.45, 7) is 1.29. The van der Waals surface area contributed by atoms with Crippen molar-refractivity contribution in [3.8, 4) is 0 Å². The van der Waals surface area contributed by atoms with Gasteiger partial charge in [0.2, 0.25) is 5.91 Å². The largest absolute Gasteiger partial charge is 0.385 e. The summed E-state index contributed by atoms with van der Waals surface area (Å²) in [4.78, 5) is 11.6. The van der Waals surface area contributed by atoms with Crippen LogP contribution < -0.4 is 11.1 Å². The standard InChI is InChI=1S/C13H20N2O2/c1-17-9-5-8-15-13(16)10-12(14)11-6-3-2-4-7-11/h2-4,6-7,12H,5,8-10,14H2,1H3,(H,15,16). The van der Waals surface area contributed by atoms with Crippen molar-refractivity contribution < 1.29 is 9.53 Å². The maximum Gasteiger partial charge on any atom is 0.221 e. The number of carbonyl (C=O) groups is 1. The second kappa shape index (κ2) is 7.81. The summed E-state index contributed by atoms with van der Waals surface area (Å²) < 4.78 is 4.90. The lowest BCUT2D eigenvalue weighted by Crippen LogP contribution is -2.28. The Labute approximate surface area is 102 Å². The van der Waals surface area contributed by atoms with Crippen LogP contribution >= 0.6 is 0 Å². The van der Waals surface area contributed by atoms with E-state index < -0.39 is 0 Å². The molecule has 3 N–H and O–H groups in total. The molecule has 0 bridgehead atoms. The number of methoxy groups -OCH3 is 1. The van der Waals surface area contributed by atoms with Gasteiger partial charge >= 0.3 is 0 Å². The highest BCUT2D eigenvalue weighted by molar-refractivity contribution is 5.76. The molecule has 0 aliphatic rings. The van der Waals surface area contributed by atoms with E-state index in [0.717, 1.165) is 12.0 Å². The third kappa shape index (κ3) is 5.47. The SMILES string of the molecule is COCCCNC(=O)CC(N)c1ccccc1. The van der Waals surface area contributed by atoms with Gasteiger partial charge in [0.25, 0.3) is 0 Å². The molecule has 0 aliphatic heterocycles. The average molecular weight is 236 g/mol. The molecule has 1 unspecified atom stereocenters. The Morgan fingerprint density at radius 2 is 2.12 bits per heavy atom. The Hall–Kier alpha value is -1.39. The fourth-order valence-electron chi connectivity index (χ4n) is 1.53. The first kappa shape index (κ1) is 13.7. The van der Waals surface area contributed by atoms with E-state index in [1.165, 1.54) is 0 Å². The molecule has 0 saturated carbocycles. The van der Waals surface area contributed by atoms with Crippen LogP contribution in [0.3, 0.4) is 0 Å². The summed E-state index contributed by atoms with van der Waals surface area (Å²) in [6, 6.07) is 9.41. The Morgan fingerprint density at radius 3 is 2.76 bits per heavy atom. The summed E-state index contributed by atoms with van der Waals surface area (Å²) in [6.07, 6.45) is 1.14. The molecule has 4 nitrogen and oxygen atoms in total. The molecule has 1 aromatic rings. The van der Waals surface area contributed by atoms with Crippen LogP contribution in [0.25, 0.3) is 0 Å². The maximum absolute atomic E-state index is 11.6. The number of carbonyl (C=O) groups excluding carboxylic acids is 1. The Bertz CT molecular complexity index is 327. The zero-order valence-electron chi connectivity index (χ0n) is 10.2. The molecule has 4 heteroatoms. The zero-order chi connectivity index (χ0) is 12.5. The minimum Gasteiger partial charge on any atom is -0.385 e. The van der Waals surface area contributed by atoms with Crippen LogP contribution in [0.5, 0.6) is 0 Å². The number of rotatable bonds is 7. The molecule has 94 valence electrons. The van der Waals surface area contributed by atoms with Crippen molar-refractivity contribution in [3.05, 3.63) is 35.9 Å². The summed E-state index contributed by atoms with van der Waals surface area (Å²) >= 11 is 0. The highest BCUT2D eigenvalue weighted by Crippen LogP contribution is 2.12. The Kier molecular flexibility index (Phi) is 6.29. The quantitative estimate of drug-likeness (QED) is 0.700. The Balaban J connectivity index is 2.26. The number of hydrogen-bond acceptors (Lipinski definition) is 3. The van der Waals surface area contributed by atoms with E-state index in [1.807, 2.05) is 30.3 Å². The van der Waals surface area contributed by atoms with Crippen molar-refractivity contribution in [2.24, 2.45) is 5.73 Å². The topological polar surface area (TPSA) is 64.3 Å². The smallest absolute Gasteiger partial charge is 0.221 e. The van der Waals surface area contributed by atoms with Gasteiger partial charge in [0.05, 0.1) is 0 Å². The van der Waals surface area contributed by atoms with Gasteiger partial charge in [-0.25, -0.2) is 0 Å². The van der Waals surface area contributed by atoms with Crippen LogP contribution in [0.15, 0.2) is 30.3 Å². The minimum absolute atomic E-state index is 0.0162. The molecular weight excluding hydrogens is 216 g/mol. The fourth-order valence-corrected chi connectivity index (χ4v) is 1.53.